The van der Waals surface area contributed by atoms with Gasteiger partial charge in [-0.1, -0.05) is 46.3 Å². The Balaban J connectivity index is 2.19. The molecule has 0 spiro atoms. The van der Waals surface area contributed by atoms with E-state index in [1.165, 1.54) is 0 Å². The molecule has 0 aliphatic carbocycles. The lowest BCUT2D eigenvalue weighted by Gasteiger charge is -2.00. The number of aryl methyl sites for hydroxylation is 1. The second-order valence-electron chi connectivity index (χ2n) is 5.13. The van der Waals surface area contributed by atoms with Gasteiger partial charge >= 0.3 is 5.63 Å². The molecule has 0 saturated heterocycles. The van der Waals surface area contributed by atoms with Crippen LogP contribution in [0, 0.1) is 6.92 Å². The Labute approximate surface area is 134 Å². The van der Waals surface area contributed by atoms with Crippen LogP contribution in [0.3, 0.4) is 0 Å². The van der Waals surface area contributed by atoms with E-state index in [9.17, 15) is 4.79 Å². The van der Waals surface area contributed by atoms with E-state index in [0.29, 0.717) is 22.3 Å². The molecule has 2 aromatic heterocycles. The predicted octanol–water partition coefficient (Wildman–Crippen LogP) is 5.28. The van der Waals surface area contributed by atoms with Gasteiger partial charge in [0.1, 0.15) is 16.7 Å². The highest BCUT2D eigenvalue weighted by molar-refractivity contribution is 9.10. The first kappa shape index (κ1) is 13.3. The molecule has 0 unspecified atom stereocenters. The maximum atomic E-state index is 12.5. The normalized spacial score (nSPS) is 11.4. The molecule has 0 atom stereocenters. The average molecular weight is 355 g/mol. The molecule has 2 aromatic carbocycles. The zero-order valence-corrected chi connectivity index (χ0v) is 13.3. The molecule has 0 radical (unpaired) electrons. The minimum Gasteiger partial charge on any atom is -0.460 e. The molecule has 22 heavy (non-hydrogen) atoms. The maximum absolute atomic E-state index is 12.5. The Morgan fingerprint density at radius 2 is 1.77 bits per heavy atom. The van der Waals surface area contributed by atoms with Crippen LogP contribution in [-0.2, 0) is 0 Å². The number of halogens is 1. The van der Waals surface area contributed by atoms with E-state index in [0.717, 1.165) is 21.0 Å². The fourth-order valence-electron chi connectivity index (χ4n) is 2.80. The minimum absolute atomic E-state index is 0.378. The summed E-state index contributed by atoms with van der Waals surface area (Å²) in [5, 5.41) is 1.29. The summed E-state index contributed by atoms with van der Waals surface area (Å²) in [5.74, 6) is 0.712. The van der Waals surface area contributed by atoms with Crippen molar-refractivity contribution >= 4 is 37.9 Å². The number of hydrogen-bond donors (Lipinski definition) is 0. The van der Waals surface area contributed by atoms with Crippen LogP contribution >= 0.6 is 15.9 Å². The van der Waals surface area contributed by atoms with E-state index in [1.807, 2.05) is 49.4 Å². The lowest BCUT2D eigenvalue weighted by atomic mass is 10.0. The van der Waals surface area contributed by atoms with Crippen molar-refractivity contribution in [3.8, 4) is 11.1 Å². The lowest BCUT2D eigenvalue weighted by Crippen LogP contribution is -1.99. The second kappa shape index (κ2) is 4.85. The fourth-order valence-corrected chi connectivity index (χ4v) is 3.14. The highest BCUT2D eigenvalue weighted by Gasteiger charge is 2.20. The molecule has 108 valence electrons. The summed E-state index contributed by atoms with van der Waals surface area (Å²) in [6.45, 7) is 1.87. The molecule has 4 heteroatoms. The first-order valence-corrected chi connectivity index (χ1v) is 7.65. The van der Waals surface area contributed by atoms with Crippen molar-refractivity contribution < 1.29 is 8.83 Å². The molecule has 0 bridgehead atoms. The Kier molecular flexibility index (Phi) is 2.94. The number of furan rings is 1. The molecule has 3 nitrogen and oxygen atoms in total. The first-order chi connectivity index (χ1) is 10.6. The Hall–Kier alpha value is -2.33. The summed E-state index contributed by atoms with van der Waals surface area (Å²) in [4.78, 5) is 12.5. The highest BCUT2D eigenvalue weighted by Crippen LogP contribution is 2.36. The Bertz CT molecular complexity index is 1060. The topological polar surface area (TPSA) is 43.4 Å². The van der Waals surface area contributed by atoms with Crippen molar-refractivity contribution in [2.45, 2.75) is 6.92 Å². The number of fused-ring (bicyclic) bond motifs is 3. The van der Waals surface area contributed by atoms with Gasteiger partial charge in [-0.3, -0.25) is 0 Å². The summed E-state index contributed by atoms with van der Waals surface area (Å²) >= 11 is 3.38. The molecule has 0 amide bonds. The van der Waals surface area contributed by atoms with Crippen LogP contribution in [-0.4, -0.2) is 0 Å². The van der Waals surface area contributed by atoms with Gasteiger partial charge in [0.05, 0.1) is 5.39 Å². The zero-order chi connectivity index (χ0) is 15.3. The molecular weight excluding hydrogens is 344 g/mol. The Morgan fingerprint density at radius 1 is 1.00 bits per heavy atom. The van der Waals surface area contributed by atoms with Crippen LogP contribution in [0.5, 0.6) is 0 Å². The summed E-state index contributed by atoms with van der Waals surface area (Å²) in [6, 6.07) is 15.3. The van der Waals surface area contributed by atoms with Crippen LogP contribution in [0.2, 0.25) is 0 Å². The van der Waals surface area contributed by atoms with Crippen LogP contribution in [0.25, 0.3) is 33.1 Å². The summed E-state index contributed by atoms with van der Waals surface area (Å²) in [5.41, 5.74) is 2.46. The Morgan fingerprint density at radius 3 is 2.55 bits per heavy atom. The summed E-state index contributed by atoms with van der Waals surface area (Å²) in [6.07, 6.45) is 0. The number of rotatable bonds is 1. The van der Waals surface area contributed by atoms with Gasteiger partial charge in [-0.15, -0.1) is 0 Å². The maximum Gasteiger partial charge on any atom is 0.348 e. The van der Waals surface area contributed by atoms with Crippen molar-refractivity contribution in [2.24, 2.45) is 0 Å². The zero-order valence-electron chi connectivity index (χ0n) is 11.7. The highest BCUT2D eigenvalue weighted by atomic mass is 79.9. The van der Waals surface area contributed by atoms with E-state index in [2.05, 4.69) is 15.9 Å². The quantitative estimate of drug-likeness (QED) is 0.437. The van der Waals surface area contributed by atoms with Gasteiger partial charge < -0.3 is 8.83 Å². The third kappa shape index (κ3) is 1.91. The molecule has 0 N–H and O–H groups in total. The third-order valence-corrected chi connectivity index (χ3v) is 4.24. The van der Waals surface area contributed by atoms with Crippen molar-refractivity contribution in [2.75, 3.05) is 0 Å². The van der Waals surface area contributed by atoms with Gasteiger partial charge in [0.15, 0.2) is 5.58 Å². The largest absolute Gasteiger partial charge is 0.460 e. The van der Waals surface area contributed by atoms with Crippen LogP contribution in [0.1, 0.15) is 5.76 Å². The van der Waals surface area contributed by atoms with Crippen molar-refractivity contribution in [3.05, 3.63) is 69.2 Å². The fraction of sp³-hybridized carbons (Fsp3) is 0.0556. The molecule has 0 aliphatic heterocycles. The van der Waals surface area contributed by atoms with Gasteiger partial charge in [-0.2, -0.15) is 0 Å². The molecule has 0 saturated carbocycles. The van der Waals surface area contributed by atoms with Gasteiger partial charge in [-0.25, -0.2) is 4.79 Å². The molecule has 0 fully saturated rings. The van der Waals surface area contributed by atoms with Gasteiger partial charge in [-0.05, 0) is 30.7 Å². The minimum atomic E-state index is -0.378. The molecule has 4 aromatic rings. The van der Waals surface area contributed by atoms with Crippen molar-refractivity contribution in [3.63, 3.8) is 0 Å². The smallest absolute Gasteiger partial charge is 0.348 e. The van der Waals surface area contributed by atoms with Gasteiger partial charge in [0, 0.05) is 10.0 Å². The third-order valence-electron chi connectivity index (χ3n) is 3.74. The molecule has 0 aliphatic rings. The van der Waals surface area contributed by atoms with E-state index in [-0.39, 0.29) is 5.63 Å². The van der Waals surface area contributed by atoms with E-state index in [4.69, 9.17) is 8.83 Å². The summed E-state index contributed by atoms with van der Waals surface area (Å²) < 4.78 is 12.3. The van der Waals surface area contributed by atoms with E-state index in [1.54, 1.807) is 6.07 Å². The van der Waals surface area contributed by atoms with E-state index < -0.39 is 0 Å². The number of benzene rings is 2. The summed E-state index contributed by atoms with van der Waals surface area (Å²) in [7, 11) is 0. The van der Waals surface area contributed by atoms with Crippen molar-refractivity contribution in [1.82, 2.24) is 0 Å². The van der Waals surface area contributed by atoms with Gasteiger partial charge in [0.25, 0.3) is 0 Å². The van der Waals surface area contributed by atoms with Crippen molar-refractivity contribution in [1.29, 1.82) is 0 Å². The molecular formula is C18H11BrO3. The van der Waals surface area contributed by atoms with Crippen LogP contribution < -0.4 is 5.63 Å². The SMILES string of the molecule is Cc1oc2c(c1-c1ccccc1)c(=O)oc1cc(Br)ccc12. The lowest BCUT2D eigenvalue weighted by molar-refractivity contribution is 0.559. The monoisotopic (exact) mass is 354 g/mol. The predicted molar refractivity (Wildman–Crippen MR) is 90.1 cm³/mol. The van der Waals surface area contributed by atoms with Crippen LogP contribution in [0.15, 0.2) is 66.6 Å². The second-order valence-corrected chi connectivity index (χ2v) is 6.05. The molecule has 2 heterocycles. The van der Waals surface area contributed by atoms with Crippen LogP contribution in [0.4, 0.5) is 0 Å². The number of hydrogen-bond acceptors (Lipinski definition) is 3. The van der Waals surface area contributed by atoms with E-state index >= 15 is 0 Å². The molecule has 4 rings (SSSR count). The standard InChI is InChI=1S/C18H11BrO3/c1-10-15(11-5-3-2-4-6-11)16-17(21-10)13-8-7-12(19)9-14(13)22-18(16)20/h2-9H,1H3. The first-order valence-electron chi connectivity index (χ1n) is 6.86. The average Bonchev–Trinajstić information content (AvgIpc) is 2.86. The van der Waals surface area contributed by atoms with Gasteiger partial charge in [0.2, 0.25) is 0 Å².